The Labute approximate surface area is 120 Å². The van der Waals surface area contributed by atoms with Crippen molar-refractivity contribution in [2.24, 2.45) is 11.7 Å². The van der Waals surface area contributed by atoms with Crippen LogP contribution < -0.4 is 10.5 Å². The fourth-order valence-electron chi connectivity index (χ4n) is 2.70. The zero-order chi connectivity index (χ0) is 14.4. The van der Waals surface area contributed by atoms with Crippen molar-refractivity contribution < 1.29 is 9.53 Å². The number of hydrogen-bond acceptors (Lipinski definition) is 3. The Morgan fingerprint density at radius 1 is 1.35 bits per heavy atom. The van der Waals surface area contributed by atoms with Gasteiger partial charge in [0, 0.05) is 19.6 Å². The highest BCUT2D eigenvalue weighted by Crippen LogP contribution is 2.25. The molecule has 4 heteroatoms. The van der Waals surface area contributed by atoms with Crippen LogP contribution in [0.25, 0.3) is 0 Å². The number of hydrogen-bond donors (Lipinski definition) is 1. The van der Waals surface area contributed by atoms with Gasteiger partial charge in [0.05, 0.1) is 12.5 Å². The SMILES string of the molecule is CN(CCCOc1ccccc1)C(=O)[C@@H]1CCC[C@@H]1N. The Balaban J connectivity index is 1.67. The maximum absolute atomic E-state index is 12.2. The topological polar surface area (TPSA) is 55.6 Å². The average Bonchev–Trinajstić information content (AvgIpc) is 2.90. The number of nitrogens with two attached hydrogens (primary N) is 1. The van der Waals surface area contributed by atoms with Gasteiger partial charge in [-0.25, -0.2) is 0 Å². The second kappa shape index (κ2) is 7.29. The average molecular weight is 276 g/mol. The van der Waals surface area contributed by atoms with Gasteiger partial charge in [0.15, 0.2) is 0 Å². The third-order valence-electron chi connectivity index (χ3n) is 3.91. The first-order chi connectivity index (χ1) is 9.68. The van der Waals surface area contributed by atoms with Gasteiger partial charge in [-0.3, -0.25) is 4.79 Å². The van der Waals surface area contributed by atoms with E-state index in [1.165, 1.54) is 0 Å². The van der Waals surface area contributed by atoms with E-state index in [1.807, 2.05) is 37.4 Å². The zero-order valence-corrected chi connectivity index (χ0v) is 12.1. The predicted octanol–water partition coefficient (Wildman–Crippen LogP) is 2.04. The van der Waals surface area contributed by atoms with Crippen LogP contribution in [0.2, 0.25) is 0 Å². The van der Waals surface area contributed by atoms with Crippen molar-refractivity contribution in [1.29, 1.82) is 0 Å². The van der Waals surface area contributed by atoms with Crippen molar-refractivity contribution in [3.63, 3.8) is 0 Å². The van der Waals surface area contributed by atoms with Gasteiger partial charge in [0.2, 0.25) is 5.91 Å². The van der Waals surface area contributed by atoms with Crippen LogP contribution in [0.15, 0.2) is 30.3 Å². The molecular weight excluding hydrogens is 252 g/mol. The largest absolute Gasteiger partial charge is 0.494 e. The third-order valence-corrected chi connectivity index (χ3v) is 3.91. The lowest BCUT2D eigenvalue weighted by Gasteiger charge is -2.23. The first-order valence-electron chi connectivity index (χ1n) is 7.37. The van der Waals surface area contributed by atoms with E-state index in [1.54, 1.807) is 4.90 Å². The van der Waals surface area contributed by atoms with Gasteiger partial charge in [0.1, 0.15) is 5.75 Å². The van der Waals surface area contributed by atoms with Crippen LogP contribution in [0.3, 0.4) is 0 Å². The lowest BCUT2D eigenvalue weighted by molar-refractivity contribution is -0.134. The molecule has 0 unspecified atom stereocenters. The fraction of sp³-hybridized carbons (Fsp3) is 0.562. The molecule has 2 rings (SSSR count). The van der Waals surface area contributed by atoms with E-state index in [4.69, 9.17) is 10.5 Å². The van der Waals surface area contributed by atoms with Crippen LogP contribution in [0, 0.1) is 5.92 Å². The van der Waals surface area contributed by atoms with Gasteiger partial charge in [-0.2, -0.15) is 0 Å². The van der Waals surface area contributed by atoms with Crippen LogP contribution in [-0.2, 0) is 4.79 Å². The van der Waals surface area contributed by atoms with E-state index in [0.717, 1.165) is 38.0 Å². The molecule has 2 N–H and O–H groups in total. The predicted molar refractivity (Wildman–Crippen MR) is 79.5 cm³/mol. The minimum absolute atomic E-state index is 0.0232. The maximum Gasteiger partial charge on any atom is 0.226 e. The summed E-state index contributed by atoms with van der Waals surface area (Å²) in [5.74, 6) is 1.09. The second-order valence-electron chi connectivity index (χ2n) is 5.48. The Morgan fingerprint density at radius 3 is 2.75 bits per heavy atom. The van der Waals surface area contributed by atoms with E-state index < -0.39 is 0 Å². The van der Waals surface area contributed by atoms with E-state index >= 15 is 0 Å². The standard InChI is InChI=1S/C16H24N2O2/c1-18(16(19)14-9-5-10-15(14)17)11-6-12-20-13-7-3-2-4-8-13/h2-4,7-8,14-15H,5-6,9-12,17H2,1H3/t14-,15+/m1/s1. The summed E-state index contributed by atoms with van der Waals surface area (Å²) in [4.78, 5) is 14.0. The normalized spacial score (nSPS) is 21.7. The molecule has 110 valence electrons. The molecule has 4 nitrogen and oxygen atoms in total. The fourth-order valence-corrected chi connectivity index (χ4v) is 2.70. The molecule has 1 aromatic rings. The molecule has 0 spiro atoms. The summed E-state index contributed by atoms with van der Waals surface area (Å²) >= 11 is 0. The summed E-state index contributed by atoms with van der Waals surface area (Å²) in [6, 6.07) is 9.78. The highest BCUT2D eigenvalue weighted by Gasteiger charge is 2.31. The number of para-hydroxylation sites is 1. The quantitative estimate of drug-likeness (QED) is 0.809. The van der Waals surface area contributed by atoms with Gasteiger partial charge in [-0.15, -0.1) is 0 Å². The molecule has 0 heterocycles. The van der Waals surface area contributed by atoms with Crippen molar-refractivity contribution in [2.75, 3.05) is 20.2 Å². The minimum Gasteiger partial charge on any atom is -0.494 e. The number of amides is 1. The van der Waals surface area contributed by atoms with Gasteiger partial charge in [-0.05, 0) is 31.4 Å². The van der Waals surface area contributed by atoms with Crippen molar-refractivity contribution >= 4 is 5.91 Å². The van der Waals surface area contributed by atoms with Crippen molar-refractivity contribution in [3.8, 4) is 5.75 Å². The summed E-state index contributed by atoms with van der Waals surface area (Å²) in [6.45, 7) is 1.34. The molecule has 0 bridgehead atoms. The monoisotopic (exact) mass is 276 g/mol. The number of carbonyl (C=O) groups excluding carboxylic acids is 1. The van der Waals surface area contributed by atoms with Crippen LogP contribution in [0.5, 0.6) is 5.75 Å². The van der Waals surface area contributed by atoms with Crippen LogP contribution in [0.4, 0.5) is 0 Å². The Hall–Kier alpha value is -1.55. The van der Waals surface area contributed by atoms with E-state index in [-0.39, 0.29) is 17.9 Å². The highest BCUT2D eigenvalue weighted by atomic mass is 16.5. The van der Waals surface area contributed by atoms with Crippen LogP contribution >= 0.6 is 0 Å². The van der Waals surface area contributed by atoms with Gasteiger partial charge >= 0.3 is 0 Å². The van der Waals surface area contributed by atoms with Gasteiger partial charge in [-0.1, -0.05) is 24.6 Å². The third kappa shape index (κ3) is 3.97. The Bertz CT molecular complexity index is 422. The van der Waals surface area contributed by atoms with Crippen molar-refractivity contribution in [1.82, 2.24) is 4.90 Å². The minimum atomic E-state index is 0.0232. The summed E-state index contributed by atoms with van der Waals surface area (Å²) in [5, 5.41) is 0. The van der Waals surface area contributed by atoms with Crippen LogP contribution in [0.1, 0.15) is 25.7 Å². The summed E-state index contributed by atoms with van der Waals surface area (Å²) < 4.78 is 5.62. The van der Waals surface area contributed by atoms with E-state index in [0.29, 0.717) is 6.61 Å². The molecule has 0 aromatic heterocycles. The lowest BCUT2D eigenvalue weighted by atomic mass is 10.0. The molecule has 20 heavy (non-hydrogen) atoms. The number of nitrogens with zero attached hydrogens (tertiary/aromatic N) is 1. The number of benzene rings is 1. The number of carbonyl (C=O) groups is 1. The molecule has 1 saturated carbocycles. The second-order valence-corrected chi connectivity index (χ2v) is 5.48. The van der Waals surface area contributed by atoms with E-state index in [2.05, 4.69) is 0 Å². The molecule has 0 radical (unpaired) electrons. The summed E-state index contributed by atoms with van der Waals surface area (Å²) in [7, 11) is 1.86. The molecule has 1 aromatic carbocycles. The molecule has 2 atom stereocenters. The summed E-state index contributed by atoms with van der Waals surface area (Å²) in [5.41, 5.74) is 5.98. The molecular formula is C16H24N2O2. The first kappa shape index (κ1) is 14.9. The Kier molecular flexibility index (Phi) is 5.41. The molecule has 1 amide bonds. The van der Waals surface area contributed by atoms with E-state index in [9.17, 15) is 4.79 Å². The van der Waals surface area contributed by atoms with Crippen LogP contribution in [-0.4, -0.2) is 37.0 Å². The smallest absolute Gasteiger partial charge is 0.226 e. The number of rotatable bonds is 6. The van der Waals surface area contributed by atoms with Crippen molar-refractivity contribution in [2.45, 2.75) is 31.7 Å². The molecule has 1 fully saturated rings. The lowest BCUT2D eigenvalue weighted by Crippen LogP contribution is -2.40. The number of ether oxygens (including phenoxy) is 1. The zero-order valence-electron chi connectivity index (χ0n) is 12.1. The van der Waals surface area contributed by atoms with Gasteiger partial charge in [0.25, 0.3) is 0 Å². The molecule has 0 aliphatic heterocycles. The van der Waals surface area contributed by atoms with Crippen molar-refractivity contribution in [3.05, 3.63) is 30.3 Å². The Morgan fingerprint density at radius 2 is 2.10 bits per heavy atom. The summed E-state index contributed by atoms with van der Waals surface area (Å²) in [6.07, 6.45) is 3.81. The van der Waals surface area contributed by atoms with Gasteiger partial charge < -0.3 is 15.4 Å². The highest BCUT2D eigenvalue weighted by molar-refractivity contribution is 5.79. The molecule has 0 saturated heterocycles. The molecule has 1 aliphatic rings. The first-order valence-corrected chi connectivity index (χ1v) is 7.37. The molecule has 1 aliphatic carbocycles. The maximum atomic E-state index is 12.2.